The molecule has 3 aromatic carbocycles. The molecule has 6 rings (SSSR count). The number of quaternary nitrogens is 1. The number of hydrogen-bond acceptors (Lipinski definition) is 24. The van der Waals surface area contributed by atoms with E-state index in [4.69, 9.17) is 62.7 Å². The van der Waals surface area contributed by atoms with Crippen LogP contribution in [0.15, 0.2) is 117 Å². The van der Waals surface area contributed by atoms with Crippen LogP contribution in [0.1, 0.15) is 111 Å². The van der Waals surface area contributed by atoms with Crippen LogP contribution in [0.4, 0.5) is 11.4 Å². The number of esters is 2. The van der Waals surface area contributed by atoms with Crippen LogP contribution in [0, 0.1) is 23.8 Å². The van der Waals surface area contributed by atoms with E-state index in [0.29, 0.717) is 46.6 Å². The van der Waals surface area contributed by atoms with Gasteiger partial charge in [0.05, 0.1) is 88.0 Å². The number of phosphoric acid groups is 1. The Bertz CT molecular complexity index is 4050. The fraction of sp³-hybridized carbons (Fsp3) is 0.537. The summed E-state index contributed by atoms with van der Waals surface area (Å²) >= 11 is 0. The van der Waals surface area contributed by atoms with Gasteiger partial charge in [-0.2, -0.15) is 33.0 Å². The second-order valence-electron chi connectivity index (χ2n) is 26.8. The molecular formula is C67H94N4Na3O25PS4+2. The minimum Gasteiger partial charge on any atom is -0.744 e. The number of carbonyl (C=O) groups excluding carboxylic acids is 3. The van der Waals surface area contributed by atoms with E-state index >= 15 is 0 Å². The van der Waals surface area contributed by atoms with Crippen molar-refractivity contribution in [2.75, 3.05) is 118 Å². The van der Waals surface area contributed by atoms with Crippen molar-refractivity contribution < 1.29 is 210 Å². The summed E-state index contributed by atoms with van der Waals surface area (Å²) < 4.78 is 181. The van der Waals surface area contributed by atoms with E-state index in [1.807, 2.05) is 64.2 Å². The minimum absolute atomic E-state index is 0. The molecule has 0 saturated carbocycles. The molecule has 1 amide bonds. The normalized spacial score (nSPS) is 16.1. The maximum absolute atomic E-state index is 13.5. The molecule has 104 heavy (non-hydrogen) atoms. The molecule has 29 nitrogen and oxygen atoms in total. The topological polar surface area (TPSA) is 395 Å². The maximum atomic E-state index is 13.5. The second kappa shape index (κ2) is 44.8. The van der Waals surface area contributed by atoms with Gasteiger partial charge in [0.25, 0.3) is 10.1 Å². The molecule has 3 aliphatic rings. The van der Waals surface area contributed by atoms with Gasteiger partial charge in [0, 0.05) is 47.8 Å². The molecule has 3 N–H and O–H groups in total. The van der Waals surface area contributed by atoms with E-state index in [2.05, 4.69) is 54.9 Å². The summed E-state index contributed by atoms with van der Waals surface area (Å²) in [5.41, 5.74) is 3.71. The number of phosphoric ester groups is 1. The number of ether oxygens (including phenoxy) is 6. The first-order valence-corrected chi connectivity index (χ1v) is 38.5. The van der Waals surface area contributed by atoms with Gasteiger partial charge in [0.1, 0.15) is 60.2 Å². The quantitative estimate of drug-likeness (QED) is 0.00841. The number of benzene rings is 3. The van der Waals surface area contributed by atoms with Crippen molar-refractivity contribution in [3.8, 4) is 5.75 Å². The van der Waals surface area contributed by atoms with Crippen molar-refractivity contribution in [3.63, 3.8) is 0 Å². The van der Waals surface area contributed by atoms with E-state index in [9.17, 15) is 49.8 Å². The number of anilines is 1. The van der Waals surface area contributed by atoms with E-state index < -0.39 is 82.4 Å². The number of nitrogens with zero attached hydrogens (tertiary/aromatic N) is 3. The molecular weight excluding hydrogens is 1490 g/mol. The molecule has 2 aliphatic heterocycles. The first-order chi connectivity index (χ1) is 46.9. The average Bonchev–Trinajstić information content (AvgIpc) is 1.59. The average molecular weight is 1580 g/mol. The standard InChI is InChI=1S/C67H95N4O19PS2.3Na.2O3S/c1-13-14-34-69-56-21-16-15-20-54(56)66(6,7)58(69)30-22-49-18-17-19-50(61(49)90-51-24-26-52(27-25-51)92(77,78)79)23-31-59-67(8,9)55-47-53(93(80,81)82)28-29-57(55)70(59)35-32-60(72)68-33-37-83-39-40-84-41-42-85-43-44-86-62(73)64(2,3)48-65(4,5)63(74)87-45-46-89-91(75,76)88-38-36-71(10,11)12;;;;2*1-4(2)3/h16,20-31,47H,1,13-14,17-19,32-46,48H2,2-12H3,(H,68,72)(H,75,76)(H,77,78,79)(H,80,81,82);;;;;/q;3*+1;;/p-1. The third-order valence-corrected chi connectivity index (χ3v) is 18.9. The van der Waals surface area contributed by atoms with Gasteiger partial charge in [-0.05, 0) is 131 Å². The van der Waals surface area contributed by atoms with Crippen LogP contribution in [-0.2, 0) is 104 Å². The van der Waals surface area contributed by atoms with Crippen LogP contribution >= 0.6 is 7.82 Å². The summed E-state index contributed by atoms with van der Waals surface area (Å²) in [6.07, 6.45) is 11.9. The van der Waals surface area contributed by atoms with Crippen molar-refractivity contribution in [2.45, 2.75) is 121 Å². The molecule has 2 heterocycles. The zero-order valence-corrected chi connectivity index (χ0v) is 72.0. The van der Waals surface area contributed by atoms with Crippen LogP contribution in [-0.4, -0.2) is 202 Å². The second-order valence-corrected chi connectivity index (χ2v) is 31.8. The van der Waals surface area contributed by atoms with E-state index in [1.165, 1.54) is 36.4 Å². The number of allylic oxidation sites excluding steroid dienone is 7. The summed E-state index contributed by atoms with van der Waals surface area (Å²) in [7, 11) is -14.1. The summed E-state index contributed by atoms with van der Waals surface area (Å²) in [5, 5.41) is 2.90. The van der Waals surface area contributed by atoms with Gasteiger partial charge >= 0.3 is 130 Å². The third-order valence-electron chi connectivity index (χ3n) is 16.1. The van der Waals surface area contributed by atoms with Gasteiger partial charge < -0.3 is 59.5 Å². The van der Waals surface area contributed by atoms with Gasteiger partial charge in [-0.1, -0.05) is 39.3 Å². The monoisotopic (exact) mass is 1580 g/mol. The van der Waals surface area contributed by atoms with E-state index in [0.717, 1.165) is 59.6 Å². The number of unbranched alkanes of at least 4 members (excludes halogenated alkanes) is 1. The molecule has 0 aromatic heterocycles. The Labute approximate surface area is 680 Å². The molecule has 1 atom stereocenters. The molecule has 0 bridgehead atoms. The number of fused-ring (bicyclic) bond motifs is 2. The molecule has 562 valence electrons. The molecule has 0 fully saturated rings. The maximum Gasteiger partial charge on any atom is 1.00 e. The van der Waals surface area contributed by atoms with Crippen molar-refractivity contribution >= 4 is 84.2 Å². The predicted octanol–water partition coefficient (Wildman–Crippen LogP) is -1.76. The van der Waals surface area contributed by atoms with Crippen LogP contribution in [0.25, 0.3) is 0 Å². The van der Waals surface area contributed by atoms with Gasteiger partial charge in [-0.25, -0.2) is 17.6 Å². The Morgan fingerprint density at radius 1 is 0.750 bits per heavy atom. The van der Waals surface area contributed by atoms with Gasteiger partial charge in [-0.3, -0.25) is 28.0 Å². The van der Waals surface area contributed by atoms with Crippen molar-refractivity contribution in [3.05, 3.63) is 132 Å². The number of carbonyl (C=O) groups is 3. The number of amides is 1. The first-order valence-electron chi connectivity index (χ1n) is 32.2. The third kappa shape index (κ3) is 32.5. The van der Waals surface area contributed by atoms with Gasteiger partial charge in [0.15, 0.2) is 5.71 Å². The Morgan fingerprint density at radius 2 is 1.29 bits per heavy atom. The Hall–Kier alpha value is -3.69. The summed E-state index contributed by atoms with van der Waals surface area (Å²) in [5.74, 6) is -0.551. The molecule has 0 radical (unpaired) electrons. The summed E-state index contributed by atoms with van der Waals surface area (Å²) in [6, 6.07) is 19.0. The summed E-state index contributed by atoms with van der Waals surface area (Å²) in [4.78, 5) is 50.6. The van der Waals surface area contributed by atoms with E-state index in [-0.39, 0.29) is 197 Å². The molecule has 37 heteroatoms. The van der Waals surface area contributed by atoms with Crippen LogP contribution in [0.3, 0.4) is 0 Å². The van der Waals surface area contributed by atoms with E-state index in [1.54, 1.807) is 33.8 Å². The molecule has 1 unspecified atom stereocenters. The van der Waals surface area contributed by atoms with Crippen molar-refractivity contribution in [2.24, 2.45) is 10.8 Å². The molecule has 0 spiro atoms. The van der Waals surface area contributed by atoms with Gasteiger partial charge in [0.2, 0.25) is 5.91 Å². The van der Waals surface area contributed by atoms with Crippen LogP contribution < -0.4 is 104 Å². The SMILES string of the molecule is O=S(=O)=O.O=S(=O)=O.[CH2-]CCC[N+]1=C(C=CC2=C(Oc3ccc(S(=O)(=O)[O-])cc3)C(=CC=C3N(CCC(=O)NCCOCCOCCOCCOC(=O)C(C)(C)CC(C)(C)C(=O)OCCOP(=O)(O)OCC[N+](C)(C)C)c4ccc(S(=O)(=O)O)cc4C3(C)C)CCC2)C(C)(C)c2c[c-]ccc21.[Na+].[Na+].[Na+]. The largest absolute Gasteiger partial charge is 1.00 e. The number of hydrogen-bond donors (Lipinski definition) is 3. The Morgan fingerprint density at radius 3 is 1.84 bits per heavy atom. The zero-order chi connectivity index (χ0) is 75.8. The molecule has 1 aliphatic carbocycles. The fourth-order valence-corrected chi connectivity index (χ4v) is 13.0. The van der Waals surface area contributed by atoms with Crippen molar-refractivity contribution in [1.82, 2.24) is 5.32 Å². The zero-order valence-electron chi connectivity index (χ0n) is 61.8. The van der Waals surface area contributed by atoms with Crippen molar-refractivity contribution in [1.29, 1.82) is 0 Å². The minimum atomic E-state index is -4.72. The van der Waals surface area contributed by atoms with Gasteiger partial charge in [-0.15, -0.1) is 31.3 Å². The number of rotatable bonds is 37. The smallest absolute Gasteiger partial charge is 0.744 e. The van der Waals surface area contributed by atoms with Crippen LogP contribution in [0.2, 0.25) is 0 Å². The first kappa shape index (κ1) is 98.3. The summed E-state index contributed by atoms with van der Waals surface area (Å²) in [6.45, 7) is 21.2. The molecule has 3 aromatic rings. The number of nitrogens with one attached hydrogen (secondary N) is 1. The Kier molecular flexibility index (Phi) is 42.4. The predicted molar refractivity (Wildman–Crippen MR) is 369 cm³/mol. The Balaban J connectivity index is 0.00000466. The number of likely N-dealkylation sites (N-methyl/N-ethyl adjacent to an activating group) is 1. The molecule has 0 saturated heterocycles. The fourth-order valence-electron chi connectivity index (χ4n) is 11.3. The van der Waals surface area contributed by atoms with Crippen LogP contribution in [0.5, 0.6) is 5.75 Å².